The molecule has 1 unspecified atom stereocenters. The molecule has 2 aliphatic heterocycles. The molecule has 4 aromatic rings. The van der Waals surface area contributed by atoms with Crippen LogP contribution in [0.5, 0.6) is 0 Å². The third-order valence-electron chi connectivity index (χ3n) is 5.21. The second kappa shape index (κ2) is 4.91. The Labute approximate surface area is 155 Å². The van der Waals surface area contributed by atoms with E-state index < -0.39 is 5.66 Å². The predicted molar refractivity (Wildman–Crippen MR) is 101 cm³/mol. The Balaban J connectivity index is 1.75. The lowest BCUT2D eigenvalue weighted by Crippen LogP contribution is -2.67. The van der Waals surface area contributed by atoms with Crippen molar-refractivity contribution in [3.05, 3.63) is 95.5 Å². The molecule has 120 valence electrons. The van der Waals surface area contributed by atoms with Gasteiger partial charge in [-0.05, 0) is 35.7 Å². The van der Waals surface area contributed by atoms with Crippen LogP contribution in [0.25, 0.3) is 22.0 Å². The highest BCUT2D eigenvalue weighted by atomic mass is 32.1. The zero-order valence-electron chi connectivity index (χ0n) is 13.9. The Hall–Kier alpha value is -3.22. The highest BCUT2D eigenvalue weighted by Gasteiger charge is 2.66. The maximum atomic E-state index is 3.65. The lowest BCUT2D eigenvalue weighted by molar-refractivity contribution is -0.924. The van der Waals surface area contributed by atoms with Crippen molar-refractivity contribution in [3.63, 3.8) is 0 Å². The van der Waals surface area contributed by atoms with Gasteiger partial charge in [-0.15, -0.1) is 20.5 Å². The van der Waals surface area contributed by atoms with Crippen LogP contribution in [0.1, 0.15) is 11.1 Å². The van der Waals surface area contributed by atoms with Crippen molar-refractivity contribution in [2.45, 2.75) is 5.66 Å². The van der Waals surface area contributed by atoms with Gasteiger partial charge in [0.25, 0.3) is 11.4 Å². The van der Waals surface area contributed by atoms with Crippen LogP contribution in [0.3, 0.4) is 0 Å². The molecule has 0 bridgehead atoms. The highest BCUT2D eigenvalue weighted by molar-refractivity contribution is 7.13. The highest BCUT2D eigenvalue weighted by Crippen LogP contribution is 2.43. The summed E-state index contributed by atoms with van der Waals surface area (Å²) in [6.07, 6.45) is 2.15. The molecule has 5 heterocycles. The third kappa shape index (κ3) is 1.58. The first-order valence-electron chi connectivity index (χ1n) is 8.63. The predicted octanol–water partition coefficient (Wildman–Crippen LogP) is 3.59. The Morgan fingerprint density at radius 2 is 1.58 bits per heavy atom. The molecular formula is C23H14N2S+2. The molecule has 3 heteroatoms. The maximum Gasteiger partial charge on any atom is 0.456 e. The quantitative estimate of drug-likeness (QED) is 0.338. The van der Waals surface area contributed by atoms with Crippen LogP contribution in [-0.4, -0.2) is 0 Å². The van der Waals surface area contributed by atoms with Gasteiger partial charge in [0.2, 0.25) is 5.69 Å². The zero-order valence-corrected chi connectivity index (χ0v) is 14.7. The molecule has 1 aromatic carbocycles. The number of rotatable bonds is 0. The van der Waals surface area contributed by atoms with Gasteiger partial charge in [0.05, 0.1) is 5.92 Å². The maximum absolute atomic E-state index is 3.65. The van der Waals surface area contributed by atoms with E-state index in [2.05, 4.69) is 87.1 Å². The molecule has 26 heavy (non-hydrogen) atoms. The monoisotopic (exact) mass is 350 g/mol. The Morgan fingerprint density at radius 1 is 0.769 bits per heavy atom. The van der Waals surface area contributed by atoms with E-state index in [9.17, 15) is 0 Å². The van der Waals surface area contributed by atoms with Gasteiger partial charge in [-0.2, -0.15) is 0 Å². The summed E-state index contributed by atoms with van der Waals surface area (Å²) in [4.78, 5) is 1.32. The molecule has 2 aliphatic rings. The molecule has 0 N–H and O–H groups in total. The standard InChI is InChI=1S/C23H14N2S/c1-2-7-17(8-3-1)12-14-23-18-13-16-26-22(18)21-11-6-10-20(25(21)23)19-9-4-5-15-24(19)23/h1-11,13,15-16H/q+2. The molecule has 0 aliphatic carbocycles. The molecule has 0 amide bonds. The smallest absolute Gasteiger partial charge is 0.137 e. The largest absolute Gasteiger partial charge is 0.456 e. The molecule has 3 aromatic heterocycles. The lowest BCUT2D eigenvalue weighted by atomic mass is 10.0. The Morgan fingerprint density at radius 3 is 2.50 bits per heavy atom. The van der Waals surface area contributed by atoms with Gasteiger partial charge < -0.3 is 0 Å². The van der Waals surface area contributed by atoms with E-state index in [0.717, 1.165) is 5.56 Å². The molecule has 0 radical (unpaired) electrons. The number of hydrogen-bond donors (Lipinski definition) is 0. The van der Waals surface area contributed by atoms with E-state index in [0.29, 0.717) is 0 Å². The summed E-state index contributed by atoms with van der Waals surface area (Å²) in [7, 11) is 0. The summed E-state index contributed by atoms with van der Waals surface area (Å²) in [5.41, 5.74) is 5.47. The van der Waals surface area contributed by atoms with Gasteiger partial charge >= 0.3 is 5.66 Å². The number of hydrogen-bond acceptors (Lipinski definition) is 1. The number of thiophene rings is 1. The zero-order chi connectivity index (χ0) is 17.1. The van der Waals surface area contributed by atoms with E-state index in [1.165, 1.54) is 27.5 Å². The SMILES string of the molecule is C(#CC12c3ccsc3-c3cccc([n+]31)-c1cccc[n+]12)c1ccccc1. The fraction of sp³-hybridized carbons (Fsp3) is 0.0435. The van der Waals surface area contributed by atoms with Crippen molar-refractivity contribution in [2.24, 2.45) is 0 Å². The van der Waals surface area contributed by atoms with Gasteiger partial charge in [0, 0.05) is 29.8 Å². The first-order chi connectivity index (χ1) is 12.9. The van der Waals surface area contributed by atoms with Crippen molar-refractivity contribution >= 4 is 11.3 Å². The number of aromatic nitrogens is 2. The van der Waals surface area contributed by atoms with Gasteiger partial charge in [0.15, 0.2) is 6.20 Å². The summed E-state index contributed by atoms with van der Waals surface area (Å²) in [6.45, 7) is 0. The molecule has 2 nitrogen and oxygen atoms in total. The van der Waals surface area contributed by atoms with Crippen LogP contribution in [-0.2, 0) is 5.66 Å². The minimum Gasteiger partial charge on any atom is -0.137 e. The number of fused-ring (bicyclic) bond motifs is 6. The summed E-state index contributed by atoms with van der Waals surface area (Å²) >= 11 is 1.79. The van der Waals surface area contributed by atoms with Gasteiger partial charge in [-0.3, -0.25) is 0 Å². The normalized spacial score (nSPS) is 17.8. The summed E-state index contributed by atoms with van der Waals surface area (Å²) in [6, 6.07) is 25.4. The van der Waals surface area contributed by atoms with E-state index in [-0.39, 0.29) is 0 Å². The Kier molecular flexibility index (Phi) is 2.64. The fourth-order valence-electron chi connectivity index (χ4n) is 4.17. The van der Waals surface area contributed by atoms with Gasteiger partial charge in [-0.25, -0.2) is 0 Å². The second-order valence-electron chi connectivity index (χ2n) is 6.54. The van der Waals surface area contributed by atoms with Crippen LogP contribution in [0.4, 0.5) is 0 Å². The van der Waals surface area contributed by atoms with E-state index in [4.69, 9.17) is 0 Å². The third-order valence-corrected chi connectivity index (χ3v) is 6.15. The first kappa shape index (κ1) is 14.0. The minimum absolute atomic E-state index is 0.506. The van der Waals surface area contributed by atoms with Crippen molar-refractivity contribution < 1.29 is 9.13 Å². The Bertz CT molecular complexity index is 1240. The van der Waals surface area contributed by atoms with Crippen LogP contribution in [0.15, 0.2) is 84.4 Å². The van der Waals surface area contributed by atoms with Crippen LogP contribution < -0.4 is 9.13 Å². The molecule has 0 fully saturated rings. The van der Waals surface area contributed by atoms with Crippen LogP contribution in [0.2, 0.25) is 0 Å². The summed E-state index contributed by atoms with van der Waals surface area (Å²) in [5.74, 6) is 7.09. The van der Waals surface area contributed by atoms with Gasteiger partial charge in [-0.1, -0.05) is 24.1 Å². The molecular weight excluding hydrogens is 336 g/mol. The van der Waals surface area contributed by atoms with Crippen molar-refractivity contribution in [2.75, 3.05) is 0 Å². The van der Waals surface area contributed by atoms with Crippen molar-refractivity contribution in [3.8, 4) is 33.8 Å². The minimum atomic E-state index is -0.506. The molecule has 0 saturated heterocycles. The number of pyridine rings is 2. The summed E-state index contributed by atoms with van der Waals surface area (Å²) in [5, 5.41) is 2.17. The first-order valence-corrected chi connectivity index (χ1v) is 9.51. The van der Waals surface area contributed by atoms with E-state index >= 15 is 0 Å². The second-order valence-corrected chi connectivity index (χ2v) is 7.46. The van der Waals surface area contributed by atoms with Crippen molar-refractivity contribution in [1.29, 1.82) is 0 Å². The summed E-state index contributed by atoms with van der Waals surface area (Å²) < 4.78 is 4.72. The van der Waals surface area contributed by atoms with E-state index in [1.54, 1.807) is 11.3 Å². The number of nitrogens with zero attached hydrogens (tertiary/aromatic N) is 2. The average molecular weight is 350 g/mol. The van der Waals surface area contributed by atoms with E-state index in [1.807, 2.05) is 18.2 Å². The average Bonchev–Trinajstić information content (AvgIpc) is 3.36. The molecule has 6 rings (SSSR count). The molecule has 0 spiro atoms. The van der Waals surface area contributed by atoms with Crippen LogP contribution >= 0.6 is 11.3 Å². The fourth-order valence-corrected chi connectivity index (χ4v) is 5.13. The molecule has 0 saturated carbocycles. The topological polar surface area (TPSA) is 7.76 Å². The lowest BCUT2D eigenvalue weighted by Gasteiger charge is -2.08. The van der Waals surface area contributed by atoms with Crippen molar-refractivity contribution in [1.82, 2.24) is 0 Å². The van der Waals surface area contributed by atoms with Gasteiger partial charge in [0.1, 0.15) is 10.4 Å². The molecule has 1 atom stereocenters. The number of benzene rings is 1. The van der Waals surface area contributed by atoms with Crippen LogP contribution in [0, 0.1) is 11.8 Å².